The van der Waals surface area contributed by atoms with Gasteiger partial charge in [-0.3, -0.25) is 0 Å². The first-order valence-electron chi connectivity index (χ1n) is 6.79. The van der Waals surface area contributed by atoms with Gasteiger partial charge in [0, 0.05) is 6.54 Å². The molecule has 1 atom stereocenters. The molecule has 0 amide bonds. The van der Waals surface area contributed by atoms with E-state index in [9.17, 15) is 0 Å². The first-order chi connectivity index (χ1) is 7.47. The van der Waals surface area contributed by atoms with E-state index in [1.165, 1.54) is 32.1 Å². The maximum Gasteiger partial charge on any atom is 0.0631 e. The van der Waals surface area contributed by atoms with Crippen LogP contribution in [0.2, 0.25) is 0 Å². The van der Waals surface area contributed by atoms with Gasteiger partial charge < -0.3 is 10.1 Å². The van der Waals surface area contributed by atoms with Crippen molar-refractivity contribution in [3.63, 3.8) is 0 Å². The molecule has 1 heterocycles. The molecule has 2 heteroatoms. The summed E-state index contributed by atoms with van der Waals surface area (Å²) >= 11 is 0. The minimum Gasteiger partial charge on any atom is -0.372 e. The van der Waals surface area contributed by atoms with Crippen LogP contribution in [0.15, 0.2) is 0 Å². The molecule has 16 heavy (non-hydrogen) atoms. The predicted molar refractivity (Wildman–Crippen MR) is 69.7 cm³/mol. The van der Waals surface area contributed by atoms with Gasteiger partial charge in [0.2, 0.25) is 0 Å². The van der Waals surface area contributed by atoms with Crippen LogP contribution in [-0.4, -0.2) is 25.3 Å². The van der Waals surface area contributed by atoms with E-state index in [1.54, 1.807) is 0 Å². The van der Waals surface area contributed by atoms with E-state index in [4.69, 9.17) is 4.74 Å². The zero-order chi connectivity index (χ0) is 12.2. The molecule has 0 aromatic rings. The van der Waals surface area contributed by atoms with Crippen molar-refractivity contribution >= 4 is 0 Å². The predicted octanol–water partition coefficient (Wildman–Crippen LogP) is 3.36. The third-order valence-electron chi connectivity index (χ3n) is 4.27. The summed E-state index contributed by atoms with van der Waals surface area (Å²) in [5.41, 5.74) is 0.539. The van der Waals surface area contributed by atoms with E-state index in [1.807, 2.05) is 0 Å². The van der Waals surface area contributed by atoms with Gasteiger partial charge in [-0.2, -0.15) is 0 Å². The van der Waals surface area contributed by atoms with Crippen molar-refractivity contribution < 1.29 is 4.74 Å². The highest BCUT2D eigenvalue weighted by molar-refractivity contribution is 4.88. The molecule has 0 bridgehead atoms. The quantitative estimate of drug-likeness (QED) is 0.751. The molecule has 0 aromatic carbocycles. The van der Waals surface area contributed by atoms with E-state index >= 15 is 0 Å². The fourth-order valence-corrected chi connectivity index (χ4v) is 2.94. The van der Waals surface area contributed by atoms with Gasteiger partial charge in [-0.25, -0.2) is 0 Å². The Labute approximate surface area is 101 Å². The SMILES string of the molecule is CCC(CC)(CNC)CC1CCC(C)(C)O1. The Balaban J connectivity index is 2.55. The average Bonchev–Trinajstić information content (AvgIpc) is 2.57. The second kappa shape index (κ2) is 5.50. The van der Waals surface area contributed by atoms with Crippen LogP contribution in [0.3, 0.4) is 0 Å². The van der Waals surface area contributed by atoms with Crippen LogP contribution in [0.4, 0.5) is 0 Å². The van der Waals surface area contributed by atoms with Gasteiger partial charge >= 0.3 is 0 Å². The summed E-state index contributed by atoms with van der Waals surface area (Å²) in [6, 6.07) is 0. The molecule has 1 rings (SSSR count). The third kappa shape index (κ3) is 3.46. The lowest BCUT2D eigenvalue weighted by Gasteiger charge is -2.34. The van der Waals surface area contributed by atoms with Crippen LogP contribution < -0.4 is 5.32 Å². The summed E-state index contributed by atoms with van der Waals surface area (Å²) in [6.45, 7) is 10.2. The van der Waals surface area contributed by atoms with E-state index in [0.29, 0.717) is 11.5 Å². The minimum atomic E-state index is 0.109. The van der Waals surface area contributed by atoms with Crippen molar-refractivity contribution in [2.24, 2.45) is 5.41 Å². The lowest BCUT2D eigenvalue weighted by molar-refractivity contribution is -0.0367. The first-order valence-corrected chi connectivity index (χ1v) is 6.79. The highest BCUT2D eigenvalue weighted by Crippen LogP contribution is 2.39. The summed E-state index contributed by atoms with van der Waals surface area (Å²) in [7, 11) is 2.06. The lowest BCUT2D eigenvalue weighted by atomic mass is 9.77. The number of hydrogen-bond acceptors (Lipinski definition) is 2. The van der Waals surface area contributed by atoms with E-state index < -0.39 is 0 Å². The third-order valence-corrected chi connectivity index (χ3v) is 4.27. The Bertz CT molecular complexity index is 209. The summed E-state index contributed by atoms with van der Waals surface area (Å²) in [4.78, 5) is 0. The van der Waals surface area contributed by atoms with Crippen molar-refractivity contribution in [2.75, 3.05) is 13.6 Å². The molecule has 1 aliphatic rings. The number of rotatable bonds is 6. The Kier molecular flexibility index (Phi) is 4.81. The molecule has 0 aliphatic carbocycles. The second-order valence-electron chi connectivity index (χ2n) is 5.98. The molecule has 1 unspecified atom stereocenters. The van der Waals surface area contributed by atoms with Crippen molar-refractivity contribution in [2.45, 2.75) is 71.5 Å². The fraction of sp³-hybridized carbons (Fsp3) is 1.00. The lowest BCUT2D eigenvalue weighted by Crippen LogP contribution is -2.35. The Morgan fingerprint density at radius 1 is 1.31 bits per heavy atom. The van der Waals surface area contributed by atoms with Crippen LogP contribution in [0.5, 0.6) is 0 Å². The molecule has 0 spiro atoms. The van der Waals surface area contributed by atoms with Gasteiger partial charge in [-0.15, -0.1) is 0 Å². The molecule has 0 radical (unpaired) electrons. The molecular weight excluding hydrogens is 198 g/mol. The molecule has 2 nitrogen and oxygen atoms in total. The van der Waals surface area contributed by atoms with Crippen LogP contribution in [0.25, 0.3) is 0 Å². The second-order valence-corrected chi connectivity index (χ2v) is 5.98. The zero-order valence-corrected chi connectivity index (χ0v) is 11.7. The maximum absolute atomic E-state index is 6.13. The van der Waals surface area contributed by atoms with E-state index in [-0.39, 0.29) is 5.60 Å². The van der Waals surface area contributed by atoms with Gasteiger partial charge in [-0.05, 0) is 58.4 Å². The summed E-state index contributed by atoms with van der Waals surface area (Å²) in [5.74, 6) is 0. The Morgan fingerprint density at radius 2 is 1.94 bits per heavy atom. The Morgan fingerprint density at radius 3 is 2.31 bits per heavy atom. The first kappa shape index (κ1) is 14.0. The smallest absolute Gasteiger partial charge is 0.0631 e. The Hall–Kier alpha value is -0.0800. The molecular formula is C14H29NO. The van der Waals surface area contributed by atoms with Gasteiger partial charge in [-0.1, -0.05) is 13.8 Å². The molecule has 0 aromatic heterocycles. The van der Waals surface area contributed by atoms with Crippen LogP contribution in [-0.2, 0) is 4.74 Å². The van der Waals surface area contributed by atoms with Crippen molar-refractivity contribution in [1.82, 2.24) is 5.32 Å². The average molecular weight is 227 g/mol. The standard InChI is InChI=1S/C14H29NO/c1-6-14(7-2,11-15-5)10-12-8-9-13(3,4)16-12/h12,15H,6-11H2,1-5H3. The summed E-state index contributed by atoms with van der Waals surface area (Å²) in [6.07, 6.45) is 6.61. The summed E-state index contributed by atoms with van der Waals surface area (Å²) < 4.78 is 6.13. The largest absolute Gasteiger partial charge is 0.372 e. The number of nitrogens with one attached hydrogen (secondary N) is 1. The fourth-order valence-electron chi connectivity index (χ4n) is 2.94. The van der Waals surface area contributed by atoms with Crippen LogP contribution in [0.1, 0.15) is 59.8 Å². The number of hydrogen-bond donors (Lipinski definition) is 1. The van der Waals surface area contributed by atoms with Crippen molar-refractivity contribution in [3.05, 3.63) is 0 Å². The van der Waals surface area contributed by atoms with Gasteiger partial charge in [0.1, 0.15) is 0 Å². The highest BCUT2D eigenvalue weighted by Gasteiger charge is 2.37. The van der Waals surface area contributed by atoms with Crippen molar-refractivity contribution in [3.8, 4) is 0 Å². The van der Waals surface area contributed by atoms with Gasteiger partial charge in [0.25, 0.3) is 0 Å². The number of ether oxygens (including phenoxy) is 1. The van der Waals surface area contributed by atoms with Gasteiger partial charge in [0.05, 0.1) is 11.7 Å². The van der Waals surface area contributed by atoms with Crippen molar-refractivity contribution in [1.29, 1.82) is 0 Å². The topological polar surface area (TPSA) is 21.3 Å². The molecule has 1 saturated heterocycles. The van der Waals surface area contributed by atoms with E-state index in [0.717, 1.165) is 6.54 Å². The molecule has 1 N–H and O–H groups in total. The maximum atomic E-state index is 6.13. The normalized spacial score (nSPS) is 24.9. The van der Waals surface area contributed by atoms with Crippen LogP contribution >= 0.6 is 0 Å². The summed E-state index contributed by atoms with van der Waals surface area (Å²) in [5, 5.41) is 3.35. The minimum absolute atomic E-state index is 0.109. The monoisotopic (exact) mass is 227 g/mol. The molecule has 96 valence electrons. The van der Waals surface area contributed by atoms with Gasteiger partial charge in [0.15, 0.2) is 0 Å². The zero-order valence-electron chi connectivity index (χ0n) is 11.7. The van der Waals surface area contributed by atoms with E-state index in [2.05, 4.69) is 40.1 Å². The van der Waals surface area contributed by atoms with Crippen LogP contribution in [0, 0.1) is 5.41 Å². The molecule has 1 aliphatic heterocycles. The highest BCUT2D eigenvalue weighted by atomic mass is 16.5. The molecule has 1 fully saturated rings. The molecule has 0 saturated carbocycles.